The number of esters is 2. The van der Waals surface area contributed by atoms with Gasteiger partial charge >= 0.3 is 23.9 Å². The van der Waals surface area contributed by atoms with Gasteiger partial charge in [0.2, 0.25) is 0 Å². The minimum atomic E-state index is -0.872. The molecule has 252 valence electrons. The molecule has 0 amide bonds. The number of fused-ring (bicyclic) bond motifs is 2. The molecule has 0 heterocycles. The maximum absolute atomic E-state index is 11.4. The highest BCUT2D eigenvalue weighted by Gasteiger charge is 2.45. The molecule has 8 nitrogen and oxygen atoms in total. The molecule has 8 unspecified atom stereocenters. The van der Waals surface area contributed by atoms with Crippen LogP contribution in [0.3, 0.4) is 0 Å². The molecular weight excluding hydrogens is 548 g/mol. The molecule has 4 aliphatic carbocycles. The SMILES string of the molecule is CC.CC.CCC1C2CCC(C2)C1CC.CCOC(=O)C1CCCCC1C(=O)O.CCOC(=O)C1CCCCC1C(=O)O. The highest BCUT2D eigenvalue weighted by Crippen LogP contribution is 2.54. The largest absolute Gasteiger partial charge is 0.481 e. The van der Waals surface area contributed by atoms with Gasteiger partial charge in [-0.1, -0.05) is 80.1 Å². The normalized spacial score (nSPS) is 30.2. The molecule has 2 N–H and O–H groups in total. The summed E-state index contributed by atoms with van der Waals surface area (Å²) >= 11 is 0. The summed E-state index contributed by atoms with van der Waals surface area (Å²) in [6, 6.07) is 0. The highest BCUT2D eigenvalue weighted by molar-refractivity contribution is 5.82. The minimum Gasteiger partial charge on any atom is -0.481 e. The Morgan fingerprint density at radius 2 is 0.837 bits per heavy atom. The van der Waals surface area contributed by atoms with E-state index in [4.69, 9.17) is 19.7 Å². The van der Waals surface area contributed by atoms with E-state index in [-0.39, 0.29) is 11.9 Å². The zero-order valence-electron chi connectivity index (χ0n) is 28.6. The Morgan fingerprint density at radius 3 is 1.09 bits per heavy atom. The number of carboxylic acids is 2. The Balaban J connectivity index is 0.000000584. The number of carbonyl (C=O) groups excluding carboxylic acids is 2. The van der Waals surface area contributed by atoms with Crippen LogP contribution >= 0.6 is 0 Å². The van der Waals surface area contributed by atoms with Crippen LogP contribution in [0.25, 0.3) is 0 Å². The molecule has 0 aromatic carbocycles. The number of carbonyl (C=O) groups is 4. The predicted octanol–water partition coefficient (Wildman–Crippen LogP) is 8.40. The van der Waals surface area contributed by atoms with E-state index >= 15 is 0 Å². The molecule has 0 aliphatic heterocycles. The standard InChI is InChI=1S/C11H20.2C10H16O4.2C2H6/c1-3-10-8-5-6-9(7-8)11(10)4-2;2*1-2-14-10(13)8-6-4-3-5-7(8)9(11)12;2*1-2/h8-11H,3-7H2,1-2H3;2*7-8H,2-6H2,1H3,(H,11,12);2*1-2H3. The van der Waals surface area contributed by atoms with Crippen LogP contribution in [0.5, 0.6) is 0 Å². The first-order valence-corrected chi connectivity index (χ1v) is 17.5. The zero-order chi connectivity index (χ0) is 32.9. The Labute approximate surface area is 262 Å². The van der Waals surface area contributed by atoms with Crippen molar-refractivity contribution in [1.82, 2.24) is 0 Å². The maximum atomic E-state index is 11.4. The van der Waals surface area contributed by atoms with Crippen molar-refractivity contribution >= 4 is 23.9 Å². The summed E-state index contributed by atoms with van der Waals surface area (Å²) in [5.74, 6) is 0.111. The van der Waals surface area contributed by atoms with Gasteiger partial charge in [-0.3, -0.25) is 19.2 Å². The van der Waals surface area contributed by atoms with Gasteiger partial charge in [0, 0.05) is 0 Å². The summed E-state index contributed by atoms with van der Waals surface area (Å²) in [5, 5.41) is 17.8. The molecular formula is C35H64O8. The van der Waals surface area contributed by atoms with Crippen LogP contribution in [0, 0.1) is 47.3 Å². The van der Waals surface area contributed by atoms with E-state index < -0.39 is 35.6 Å². The van der Waals surface area contributed by atoms with E-state index in [0.717, 1.165) is 49.4 Å². The average molecular weight is 613 g/mol. The number of hydrogen-bond acceptors (Lipinski definition) is 6. The van der Waals surface area contributed by atoms with Crippen LogP contribution in [-0.4, -0.2) is 47.3 Å². The zero-order valence-corrected chi connectivity index (χ0v) is 28.6. The smallest absolute Gasteiger partial charge is 0.309 e. The Hall–Kier alpha value is -2.12. The van der Waals surface area contributed by atoms with Gasteiger partial charge in [-0.2, -0.15) is 0 Å². The monoisotopic (exact) mass is 612 g/mol. The number of carboxylic acid groups (broad SMARTS) is 2. The van der Waals surface area contributed by atoms with Gasteiger partial charge in [0.15, 0.2) is 0 Å². The molecule has 0 radical (unpaired) electrons. The second kappa shape index (κ2) is 23.3. The van der Waals surface area contributed by atoms with E-state index in [0.29, 0.717) is 38.9 Å². The van der Waals surface area contributed by atoms with Crippen molar-refractivity contribution in [2.45, 2.75) is 139 Å². The first-order valence-electron chi connectivity index (χ1n) is 17.5. The van der Waals surface area contributed by atoms with E-state index in [1.807, 2.05) is 27.7 Å². The lowest BCUT2D eigenvalue weighted by Gasteiger charge is -2.29. The Morgan fingerprint density at radius 1 is 0.535 bits per heavy atom. The van der Waals surface area contributed by atoms with E-state index in [1.165, 1.54) is 12.8 Å². The topological polar surface area (TPSA) is 127 Å². The third kappa shape index (κ3) is 12.8. The maximum Gasteiger partial charge on any atom is 0.309 e. The summed E-state index contributed by atoms with van der Waals surface area (Å²) in [6.45, 7) is 16.9. The summed E-state index contributed by atoms with van der Waals surface area (Å²) in [7, 11) is 0. The van der Waals surface area contributed by atoms with Gasteiger partial charge in [-0.25, -0.2) is 0 Å². The van der Waals surface area contributed by atoms with Crippen LogP contribution < -0.4 is 0 Å². The summed E-state index contributed by atoms with van der Waals surface area (Å²) in [6.07, 6.45) is 13.7. The first kappa shape index (κ1) is 40.9. The lowest BCUT2D eigenvalue weighted by Crippen LogP contribution is -2.33. The molecule has 8 heteroatoms. The van der Waals surface area contributed by atoms with Gasteiger partial charge < -0.3 is 19.7 Å². The molecule has 4 aliphatic rings. The molecule has 8 atom stereocenters. The fourth-order valence-electron chi connectivity index (χ4n) is 7.72. The fourth-order valence-corrected chi connectivity index (χ4v) is 7.72. The summed E-state index contributed by atoms with van der Waals surface area (Å²) in [5.41, 5.74) is 0. The molecule has 2 bridgehead atoms. The molecule has 4 fully saturated rings. The molecule has 4 rings (SSSR count). The van der Waals surface area contributed by atoms with Crippen LogP contribution in [0.4, 0.5) is 0 Å². The van der Waals surface area contributed by atoms with E-state index in [9.17, 15) is 19.2 Å². The van der Waals surface area contributed by atoms with Crippen molar-refractivity contribution < 1.29 is 38.9 Å². The molecule has 0 aromatic rings. The van der Waals surface area contributed by atoms with Gasteiger partial charge in [-0.15, -0.1) is 0 Å². The first-order chi connectivity index (χ1) is 20.7. The number of aliphatic carboxylic acids is 2. The van der Waals surface area contributed by atoms with E-state index in [2.05, 4.69) is 13.8 Å². The number of ether oxygens (including phenoxy) is 2. The van der Waals surface area contributed by atoms with Gasteiger partial charge in [0.1, 0.15) is 0 Å². The molecule has 0 aromatic heterocycles. The van der Waals surface area contributed by atoms with Crippen molar-refractivity contribution in [2.24, 2.45) is 47.3 Å². The average Bonchev–Trinajstić information content (AvgIpc) is 3.65. The van der Waals surface area contributed by atoms with Crippen LogP contribution in [0.2, 0.25) is 0 Å². The minimum absolute atomic E-state index is 0.321. The van der Waals surface area contributed by atoms with Gasteiger partial charge in [0.25, 0.3) is 0 Å². The van der Waals surface area contributed by atoms with E-state index in [1.54, 1.807) is 33.1 Å². The highest BCUT2D eigenvalue weighted by atomic mass is 16.5. The predicted molar refractivity (Wildman–Crippen MR) is 171 cm³/mol. The lowest BCUT2D eigenvalue weighted by molar-refractivity contribution is -0.159. The van der Waals surface area contributed by atoms with Crippen molar-refractivity contribution in [3.63, 3.8) is 0 Å². The summed E-state index contributed by atoms with van der Waals surface area (Å²) in [4.78, 5) is 44.6. The van der Waals surface area contributed by atoms with Crippen molar-refractivity contribution in [1.29, 1.82) is 0 Å². The Kier molecular flexibility index (Phi) is 22.1. The fraction of sp³-hybridized carbons (Fsp3) is 0.886. The third-order valence-corrected chi connectivity index (χ3v) is 9.56. The summed E-state index contributed by atoms with van der Waals surface area (Å²) < 4.78 is 9.72. The van der Waals surface area contributed by atoms with Crippen molar-refractivity contribution in [3.05, 3.63) is 0 Å². The van der Waals surface area contributed by atoms with Crippen molar-refractivity contribution in [3.8, 4) is 0 Å². The van der Waals surface area contributed by atoms with Crippen molar-refractivity contribution in [2.75, 3.05) is 13.2 Å². The van der Waals surface area contributed by atoms with Gasteiger partial charge in [-0.05, 0) is 82.5 Å². The quantitative estimate of drug-likeness (QED) is 0.262. The van der Waals surface area contributed by atoms with Crippen LogP contribution in [-0.2, 0) is 28.7 Å². The van der Waals surface area contributed by atoms with Crippen LogP contribution in [0.1, 0.15) is 139 Å². The third-order valence-electron chi connectivity index (χ3n) is 9.56. The lowest BCUT2D eigenvalue weighted by atomic mass is 9.77. The number of rotatable bonds is 8. The molecule has 0 spiro atoms. The molecule has 0 saturated heterocycles. The van der Waals surface area contributed by atoms with Gasteiger partial charge in [0.05, 0.1) is 36.9 Å². The molecule has 4 saturated carbocycles. The second-order valence-corrected chi connectivity index (χ2v) is 11.7. The van der Waals surface area contributed by atoms with Crippen LogP contribution in [0.15, 0.2) is 0 Å². The Bertz CT molecular complexity index is 733. The number of hydrogen-bond donors (Lipinski definition) is 2. The molecule has 43 heavy (non-hydrogen) atoms. The second-order valence-electron chi connectivity index (χ2n) is 11.7.